The van der Waals surface area contributed by atoms with Gasteiger partial charge in [-0.15, -0.1) is 23.3 Å². The third kappa shape index (κ3) is 5.02. The molecule has 49 heavy (non-hydrogen) atoms. The van der Waals surface area contributed by atoms with Crippen molar-refractivity contribution >= 4 is 5.69 Å². The molecule has 0 N–H and O–H groups in total. The van der Waals surface area contributed by atoms with Crippen molar-refractivity contribution < 1.29 is 38.6 Å². The smallest absolute Gasteiger partial charge is 0.297 e. The van der Waals surface area contributed by atoms with Gasteiger partial charge >= 0.3 is 21.1 Å². The first-order chi connectivity index (χ1) is 22.9. The Balaban J connectivity index is 0.00000417. The number of benzene rings is 4. The summed E-state index contributed by atoms with van der Waals surface area (Å²) >= 11 is 0. The molecule has 0 aliphatic carbocycles. The first-order valence-electron chi connectivity index (χ1n) is 14.9. The Bertz CT molecular complexity index is 2200. The van der Waals surface area contributed by atoms with Crippen LogP contribution < -0.4 is 0 Å². The number of rotatable bonds is 2. The van der Waals surface area contributed by atoms with Crippen LogP contribution >= 0.6 is 0 Å². The molecule has 1 aliphatic rings. The van der Waals surface area contributed by atoms with E-state index in [0.717, 1.165) is 11.1 Å². The van der Waals surface area contributed by atoms with Gasteiger partial charge in [0.25, 0.3) is 0 Å². The third-order valence-electron chi connectivity index (χ3n) is 8.91. The maximum atomic E-state index is 16.1. The Morgan fingerprint density at radius 3 is 1.59 bits per heavy atom. The van der Waals surface area contributed by atoms with E-state index in [1.165, 1.54) is 23.2 Å². The molecule has 4 aromatic carbocycles. The maximum Gasteiger partial charge on any atom is 2.00 e. The molecule has 0 saturated carbocycles. The molecule has 6 nitrogen and oxygen atoms in total. The first kappa shape index (κ1) is 33.6. The topological polar surface area (TPSA) is 63.8 Å². The zero-order valence-corrected chi connectivity index (χ0v) is 28.7. The van der Waals surface area contributed by atoms with Crippen LogP contribution in [0.25, 0.3) is 38.5 Å². The summed E-state index contributed by atoms with van der Waals surface area (Å²) in [6.07, 6.45) is 3.14. The fourth-order valence-corrected chi connectivity index (χ4v) is 6.29. The zero-order chi connectivity index (χ0) is 34.1. The van der Waals surface area contributed by atoms with Crippen molar-refractivity contribution in [3.8, 4) is 39.7 Å². The molecule has 2 aromatic heterocycles. The zero-order valence-electron chi connectivity index (χ0n) is 26.4. The molecule has 0 amide bonds. The summed E-state index contributed by atoms with van der Waals surface area (Å²) < 4.78 is 66.8. The predicted octanol–water partition coefficient (Wildman–Crippen LogP) is 8.93. The number of hydrogen-bond acceptors (Lipinski definition) is 3. The summed E-state index contributed by atoms with van der Waals surface area (Å²) in [5.74, 6) is -4.97. The van der Waals surface area contributed by atoms with Crippen LogP contribution in [-0.4, -0.2) is 19.6 Å². The molecule has 8 bridgehead atoms. The second kappa shape index (κ2) is 12.0. The van der Waals surface area contributed by atoms with Gasteiger partial charge in [0.1, 0.15) is 0 Å². The summed E-state index contributed by atoms with van der Waals surface area (Å²) in [6, 6.07) is 25.6. The van der Waals surface area contributed by atoms with Gasteiger partial charge < -0.3 is 0 Å². The normalized spacial score (nSPS) is 13.8. The van der Waals surface area contributed by atoms with Crippen LogP contribution in [0.4, 0.5) is 23.2 Å². The minimum atomic E-state index is -1.76. The van der Waals surface area contributed by atoms with Crippen LogP contribution in [0.3, 0.4) is 0 Å². The largest absolute Gasteiger partial charge is 2.00 e. The van der Waals surface area contributed by atoms with Gasteiger partial charge in [-0.05, 0) is 41.8 Å². The summed E-state index contributed by atoms with van der Waals surface area (Å²) in [5, 5.41) is 19.6. The molecule has 0 unspecified atom stereocenters. The fourth-order valence-electron chi connectivity index (χ4n) is 6.29. The van der Waals surface area contributed by atoms with Gasteiger partial charge in [0.15, 0.2) is 5.69 Å². The van der Waals surface area contributed by atoms with Crippen molar-refractivity contribution in [2.45, 2.75) is 38.5 Å². The Hall–Kier alpha value is -5.31. The SMILES string of the molecule is [C-]#[N+]c1c(F)c2[c-]c(c1F)C(C)(C)c1[c-]c(c(F)c(C#N)c1F)-n1cc(-c3ccccc3)c(n1)C(C)(C)c1nn-2cc1-c1ccccc1.[Pt+2]. The minimum Gasteiger partial charge on any atom is -0.297 e. The number of nitriles is 1. The van der Waals surface area contributed by atoms with Crippen LogP contribution in [0.5, 0.6) is 0 Å². The molecule has 1 aliphatic heterocycles. The molecule has 0 fully saturated rings. The quantitative estimate of drug-likeness (QED) is 0.129. The van der Waals surface area contributed by atoms with Gasteiger partial charge in [-0.3, -0.25) is 31.8 Å². The first-order valence-corrected chi connectivity index (χ1v) is 14.9. The molecule has 7 rings (SSSR count). The second-order valence-electron chi connectivity index (χ2n) is 12.6. The van der Waals surface area contributed by atoms with Gasteiger partial charge in [0, 0.05) is 46.5 Å². The summed E-state index contributed by atoms with van der Waals surface area (Å²) in [4.78, 5) is 3.14. The average Bonchev–Trinajstić information content (AvgIpc) is 3.73. The minimum absolute atomic E-state index is 0. The summed E-state index contributed by atoms with van der Waals surface area (Å²) in [5.41, 5.74) is -2.75. The molecule has 6 aromatic rings. The van der Waals surface area contributed by atoms with Crippen LogP contribution in [0.1, 0.15) is 55.8 Å². The van der Waals surface area contributed by atoms with E-state index in [9.17, 15) is 5.26 Å². The molecule has 0 saturated heterocycles. The van der Waals surface area contributed by atoms with Crippen LogP contribution in [0.2, 0.25) is 0 Å². The van der Waals surface area contributed by atoms with E-state index >= 15 is 17.6 Å². The molecule has 244 valence electrons. The van der Waals surface area contributed by atoms with Gasteiger partial charge in [0.2, 0.25) is 0 Å². The van der Waals surface area contributed by atoms with E-state index in [-0.39, 0.29) is 32.4 Å². The van der Waals surface area contributed by atoms with E-state index in [1.807, 2.05) is 74.5 Å². The molecular formula is C38H24F4N6Pt. The Kier molecular flexibility index (Phi) is 8.21. The van der Waals surface area contributed by atoms with Gasteiger partial charge in [-0.1, -0.05) is 74.5 Å². The maximum absolute atomic E-state index is 16.1. The van der Waals surface area contributed by atoms with Gasteiger partial charge in [-0.25, -0.2) is 0 Å². The molecule has 11 heteroatoms. The predicted molar refractivity (Wildman–Crippen MR) is 171 cm³/mol. The van der Waals surface area contributed by atoms with E-state index in [0.29, 0.717) is 22.5 Å². The van der Waals surface area contributed by atoms with Crippen molar-refractivity contribution in [2.75, 3.05) is 0 Å². The Morgan fingerprint density at radius 2 is 1.14 bits per heavy atom. The van der Waals surface area contributed by atoms with Gasteiger partial charge in [-0.2, -0.15) is 15.5 Å². The van der Waals surface area contributed by atoms with Gasteiger partial charge in [0.05, 0.1) is 35.3 Å². The number of hydrogen-bond donors (Lipinski definition) is 0. The van der Waals surface area contributed by atoms with E-state index < -0.39 is 56.5 Å². The van der Waals surface area contributed by atoms with Crippen molar-refractivity contribution in [1.29, 1.82) is 5.26 Å². The molecule has 0 atom stereocenters. The standard InChI is InChI=1S/C38H24F4N6.Pt/c1-37(2)26-16-28(31(40)23(18-43)30(26)39)47-19-24(21-12-8-6-9-13-21)35(45-47)38(3,4)36-25(22-14-10-7-11-15-22)20-48(46-36)29-17-27(37)32(41)34(44-5)33(29)42;/h6-15,19-20H,1-4H3;/q-2;+2. The number of nitrogens with zero attached hydrogens (tertiary/aromatic N) is 6. The van der Waals surface area contributed by atoms with Crippen LogP contribution in [-0.2, 0) is 31.9 Å². The molecule has 0 spiro atoms. The summed E-state index contributed by atoms with van der Waals surface area (Å²) in [7, 11) is 0. The molecule has 0 radical (unpaired) electrons. The molecule has 3 heterocycles. The van der Waals surface area contributed by atoms with E-state index in [1.54, 1.807) is 18.5 Å². The van der Waals surface area contributed by atoms with Crippen LogP contribution in [0, 0.1) is 53.3 Å². The number of halogens is 4. The van der Waals surface area contributed by atoms with Crippen molar-refractivity contribution in [3.63, 3.8) is 0 Å². The monoisotopic (exact) mass is 835 g/mol. The number of fused-ring (bicyclic) bond motifs is 10. The average molecular weight is 836 g/mol. The Morgan fingerprint density at radius 1 is 0.694 bits per heavy atom. The van der Waals surface area contributed by atoms with Crippen molar-refractivity contribution in [3.05, 3.63) is 148 Å². The van der Waals surface area contributed by atoms with Crippen molar-refractivity contribution in [2.24, 2.45) is 0 Å². The van der Waals surface area contributed by atoms with E-state index in [4.69, 9.17) is 16.8 Å². The second-order valence-corrected chi connectivity index (χ2v) is 12.6. The third-order valence-corrected chi connectivity index (χ3v) is 8.91. The number of aromatic nitrogens is 4. The fraction of sp³-hybridized carbons (Fsp3) is 0.158. The van der Waals surface area contributed by atoms with E-state index in [2.05, 4.69) is 17.0 Å². The molecular weight excluding hydrogens is 812 g/mol. The summed E-state index contributed by atoms with van der Waals surface area (Å²) in [6.45, 7) is 14.2. The van der Waals surface area contributed by atoms with Crippen molar-refractivity contribution in [1.82, 2.24) is 19.6 Å². The van der Waals surface area contributed by atoms with Crippen LogP contribution in [0.15, 0.2) is 73.1 Å². The Labute approximate surface area is 294 Å².